The summed E-state index contributed by atoms with van der Waals surface area (Å²) in [5.74, 6) is -1.84. The molecule has 0 aromatic heterocycles. The lowest BCUT2D eigenvalue weighted by molar-refractivity contribution is -0.143. The SMILES string of the molecule is CCN1C(=O)C2(/C(=C(/O)c3ccc(OC)cc3)C(=O)C(=O)N2CCCN2CCOCC2)c2ccccc21. The van der Waals surface area contributed by atoms with Gasteiger partial charge in [0, 0.05) is 43.9 Å². The Balaban J connectivity index is 1.63. The first-order valence-corrected chi connectivity index (χ1v) is 12.6. The van der Waals surface area contributed by atoms with Crippen LogP contribution in [0.5, 0.6) is 5.75 Å². The summed E-state index contributed by atoms with van der Waals surface area (Å²) in [5.41, 5.74) is -0.428. The van der Waals surface area contributed by atoms with Crippen LogP contribution in [0.3, 0.4) is 0 Å². The van der Waals surface area contributed by atoms with Gasteiger partial charge in [-0.2, -0.15) is 0 Å². The van der Waals surface area contributed by atoms with E-state index in [0.717, 1.165) is 13.1 Å². The molecule has 5 rings (SSSR count). The molecule has 37 heavy (non-hydrogen) atoms. The highest BCUT2D eigenvalue weighted by atomic mass is 16.5. The number of ketones is 1. The zero-order valence-corrected chi connectivity index (χ0v) is 21.1. The maximum atomic E-state index is 14.2. The molecule has 3 heterocycles. The zero-order valence-electron chi connectivity index (χ0n) is 21.1. The average molecular weight is 506 g/mol. The van der Waals surface area contributed by atoms with Crippen molar-refractivity contribution in [2.45, 2.75) is 18.9 Å². The molecule has 0 bridgehead atoms. The Kier molecular flexibility index (Phi) is 6.74. The average Bonchev–Trinajstić information content (AvgIpc) is 3.31. The molecule has 1 atom stereocenters. The molecule has 2 saturated heterocycles. The number of hydrogen-bond acceptors (Lipinski definition) is 7. The van der Waals surface area contributed by atoms with Crippen LogP contribution >= 0.6 is 0 Å². The van der Waals surface area contributed by atoms with Gasteiger partial charge in [-0.3, -0.25) is 19.3 Å². The van der Waals surface area contributed by atoms with Crippen molar-refractivity contribution in [3.05, 3.63) is 65.2 Å². The highest BCUT2D eigenvalue weighted by Gasteiger charge is 2.66. The Bertz CT molecular complexity index is 1250. The van der Waals surface area contributed by atoms with Crippen LogP contribution in [0.15, 0.2) is 54.1 Å². The van der Waals surface area contributed by atoms with Crippen molar-refractivity contribution >= 4 is 29.0 Å². The number of para-hydroxylation sites is 1. The molecule has 1 unspecified atom stereocenters. The van der Waals surface area contributed by atoms with E-state index in [2.05, 4.69) is 4.90 Å². The first-order valence-electron chi connectivity index (χ1n) is 12.6. The number of amides is 2. The molecule has 0 aliphatic carbocycles. The number of anilines is 1. The van der Waals surface area contributed by atoms with Gasteiger partial charge >= 0.3 is 0 Å². The maximum Gasteiger partial charge on any atom is 0.296 e. The number of carbonyl (C=O) groups is 3. The highest BCUT2D eigenvalue weighted by Crippen LogP contribution is 2.53. The van der Waals surface area contributed by atoms with E-state index in [-0.39, 0.29) is 17.9 Å². The Labute approximate surface area is 215 Å². The third-order valence-corrected chi connectivity index (χ3v) is 7.45. The van der Waals surface area contributed by atoms with Gasteiger partial charge in [-0.25, -0.2) is 0 Å². The Morgan fingerprint density at radius 2 is 1.73 bits per heavy atom. The van der Waals surface area contributed by atoms with Gasteiger partial charge < -0.3 is 24.4 Å². The molecule has 1 spiro atoms. The van der Waals surface area contributed by atoms with Gasteiger partial charge in [0.05, 0.1) is 31.6 Å². The minimum absolute atomic E-state index is 0.192. The number of benzene rings is 2. The van der Waals surface area contributed by atoms with Crippen LogP contribution in [-0.2, 0) is 24.7 Å². The number of rotatable bonds is 7. The lowest BCUT2D eigenvalue weighted by atomic mass is 9.82. The van der Waals surface area contributed by atoms with Crippen molar-refractivity contribution in [2.75, 3.05) is 57.9 Å². The first-order chi connectivity index (χ1) is 17.9. The Hall–Kier alpha value is -3.69. The van der Waals surface area contributed by atoms with E-state index in [1.807, 2.05) is 19.1 Å². The van der Waals surface area contributed by atoms with Crippen LogP contribution in [0.4, 0.5) is 5.69 Å². The van der Waals surface area contributed by atoms with E-state index < -0.39 is 23.1 Å². The minimum Gasteiger partial charge on any atom is -0.507 e. The lowest BCUT2D eigenvalue weighted by Gasteiger charge is -2.35. The Morgan fingerprint density at radius 3 is 2.41 bits per heavy atom. The van der Waals surface area contributed by atoms with Crippen LogP contribution in [0.2, 0.25) is 0 Å². The second kappa shape index (κ2) is 9.99. The summed E-state index contributed by atoms with van der Waals surface area (Å²) >= 11 is 0. The van der Waals surface area contributed by atoms with E-state index in [0.29, 0.717) is 55.3 Å². The van der Waals surface area contributed by atoms with Crippen molar-refractivity contribution in [1.82, 2.24) is 9.80 Å². The van der Waals surface area contributed by atoms with Gasteiger partial charge in [-0.1, -0.05) is 18.2 Å². The summed E-state index contributed by atoms with van der Waals surface area (Å²) < 4.78 is 10.6. The molecule has 3 aliphatic heterocycles. The van der Waals surface area contributed by atoms with Crippen molar-refractivity contribution < 1.29 is 29.0 Å². The van der Waals surface area contributed by atoms with Gasteiger partial charge in [-0.15, -0.1) is 0 Å². The van der Waals surface area contributed by atoms with Crippen molar-refractivity contribution in [3.8, 4) is 5.75 Å². The van der Waals surface area contributed by atoms with Crippen LogP contribution in [0.25, 0.3) is 5.76 Å². The molecule has 194 valence electrons. The molecule has 0 saturated carbocycles. The van der Waals surface area contributed by atoms with Crippen molar-refractivity contribution in [1.29, 1.82) is 0 Å². The lowest BCUT2D eigenvalue weighted by Crippen LogP contribution is -2.52. The van der Waals surface area contributed by atoms with E-state index in [9.17, 15) is 19.5 Å². The number of aliphatic hydroxyl groups is 1. The summed E-state index contributed by atoms with van der Waals surface area (Å²) in [6.45, 7) is 6.02. The van der Waals surface area contributed by atoms with Crippen LogP contribution in [0.1, 0.15) is 24.5 Å². The van der Waals surface area contributed by atoms with E-state index in [1.165, 1.54) is 12.0 Å². The molecule has 1 N–H and O–H groups in total. The number of morpholine rings is 1. The second-order valence-electron chi connectivity index (χ2n) is 9.32. The zero-order chi connectivity index (χ0) is 26.2. The monoisotopic (exact) mass is 505 g/mol. The van der Waals surface area contributed by atoms with Crippen molar-refractivity contribution in [3.63, 3.8) is 0 Å². The van der Waals surface area contributed by atoms with E-state index >= 15 is 0 Å². The van der Waals surface area contributed by atoms with E-state index in [1.54, 1.807) is 41.3 Å². The number of likely N-dealkylation sites (tertiary alicyclic amines) is 1. The molecule has 3 aliphatic rings. The number of fused-ring (bicyclic) bond motifs is 2. The number of carbonyl (C=O) groups excluding carboxylic acids is 3. The normalized spacial score (nSPS) is 23.2. The summed E-state index contributed by atoms with van der Waals surface area (Å²) in [4.78, 5) is 46.6. The fraction of sp³-hybridized carbons (Fsp3) is 0.393. The smallest absolute Gasteiger partial charge is 0.296 e. The molecular formula is C28H31N3O6. The van der Waals surface area contributed by atoms with Gasteiger partial charge in [0.2, 0.25) is 0 Å². The molecule has 2 amide bonds. The molecular weight excluding hydrogens is 474 g/mol. The van der Waals surface area contributed by atoms with Gasteiger partial charge in [-0.05, 0) is 43.7 Å². The molecule has 9 nitrogen and oxygen atoms in total. The number of methoxy groups -OCH3 is 1. The summed E-state index contributed by atoms with van der Waals surface area (Å²) in [6.07, 6.45) is 0.568. The molecule has 2 fully saturated rings. The Morgan fingerprint density at radius 1 is 1.03 bits per heavy atom. The topological polar surface area (TPSA) is 99.6 Å². The highest BCUT2D eigenvalue weighted by molar-refractivity contribution is 6.50. The number of ether oxygens (including phenoxy) is 2. The largest absolute Gasteiger partial charge is 0.507 e. The summed E-state index contributed by atoms with van der Waals surface area (Å²) in [5, 5.41) is 11.5. The fourth-order valence-electron chi connectivity index (χ4n) is 5.65. The fourth-order valence-corrected chi connectivity index (χ4v) is 5.65. The van der Waals surface area contributed by atoms with E-state index in [4.69, 9.17) is 9.47 Å². The van der Waals surface area contributed by atoms with Crippen LogP contribution in [-0.4, -0.2) is 85.6 Å². The van der Waals surface area contributed by atoms with Crippen molar-refractivity contribution in [2.24, 2.45) is 0 Å². The van der Waals surface area contributed by atoms with Crippen LogP contribution in [0, 0.1) is 0 Å². The first kappa shape index (κ1) is 25.0. The predicted molar refractivity (Wildman–Crippen MR) is 137 cm³/mol. The molecule has 2 aromatic carbocycles. The quantitative estimate of drug-likeness (QED) is 0.350. The molecule has 9 heteroatoms. The summed E-state index contributed by atoms with van der Waals surface area (Å²) in [7, 11) is 1.53. The van der Waals surface area contributed by atoms with Gasteiger partial charge in [0.15, 0.2) is 5.54 Å². The van der Waals surface area contributed by atoms with Gasteiger partial charge in [0.1, 0.15) is 11.5 Å². The summed E-state index contributed by atoms with van der Waals surface area (Å²) in [6, 6.07) is 13.7. The second-order valence-corrected chi connectivity index (χ2v) is 9.32. The number of Topliss-reactive ketones (excluding diaryl/α,β-unsaturated/α-hetero) is 1. The number of nitrogens with zero attached hydrogens (tertiary/aromatic N) is 3. The third kappa shape index (κ3) is 3.89. The third-order valence-electron chi connectivity index (χ3n) is 7.45. The number of aliphatic hydroxyl groups excluding tert-OH is 1. The number of likely N-dealkylation sites (N-methyl/N-ethyl adjacent to an activating group) is 1. The van der Waals surface area contributed by atoms with Gasteiger partial charge in [0.25, 0.3) is 17.6 Å². The molecule has 2 aromatic rings. The minimum atomic E-state index is -1.73. The standard InChI is InChI=1S/C28H31N3O6/c1-3-30-22-8-5-4-7-21(22)28(27(30)35)23(24(32)19-9-11-20(36-2)12-10-19)25(33)26(34)31(28)14-6-13-29-15-17-37-18-16-29/h4-5,7-12,32H,3,6,13-18H2,1-2H3/b24-23+. The predicted octanol–water partition coefficient (Wildman–Crippen LogP) is 2.36. The maximum absolute atomic E-state index is 14.2. The number of hydrogen-bond donors (Lipinski definition) is 1. The molecule has 0 radical (unpaired) electrons. The van der Waals surface area contributed by atoms with Crippen LogP contribution < -0.4 is 9.64 Å².